The third kappa shape index (κ3) is 4.85. The first-order valence-corrected chi connectivity index (χ1v) is 11.3. The highest BCUT2D eigenvalue weighted by atomic mass is 32.2. The number of alkyl halides is 3. The average molecular weight is 453 g/mol. The van der Waals surface area contributed by atoms with Crippen molar-refractivity contribution in [3.05, 3.63) is 59.2 Å². The molecule has 1 aliphatic heterocycles. The predicted octanol–water partition coefficient (Wildman–Crippen LogP) is 5.18. The summed E-state index contributed by atoms with van der Waals surface area (Å²) in [5.41, 5.74) is -0.393. The smallest absolute Gasteiger partial charge is 0.416 e. The Morgan fingerprint density at radius 3 is 2.48 bits per heavy atom. The molecule has 3 rings (SSSR count). The molecule has 4 nitrogen and oxygen atoms in total. The minimum Gasteiger partial charge on any atom is -0.496 e. The van der Waals surface area contributed by atoms with E-state index in [0.29, 0.717) is 12.6 Å². The Labute approximate surface area is 185 Å². The van der Waals surface area contributed by atoms with Gasteiger partial charge in [-0.1, -0.05) is 30.3 Å². The van der Waals surface area contributed by atoms with Crippen molar-refractivity contribution in [1.29, 1.82) is 0 Å². The molecule has 1 fully saturated rings. The molecule has 0 aliphatic carbocycles. The number of likely N-dealkylation sites (N-methyl/N-ethyl adjacent to an activating group) is 1. The zero-order valence-electron chi connectivity index (χ0n) is 18.0. The minimum atomic E-state index is -4.53. The van der Waals surface area contributed by atoms with E-state index in [4.69, 9.17) is 4.74 Å². The number of thioether (sulfide) groups is 1. The predicted molar refractivity (Wildman–Crippen MR) is 117 cm³/mol. The molecule has 0 unspecified atom stereocenters. The van der Waals surface area contributed by atoms with Crippen molar-refractivity contribution < 1.29 is 22.7 Å². The summed E-state index contributed by atoms with van der Waals surface area (Å²) < 4.78 is 45.2. The van der Waals surface area contributed by atoms with Crippen molar-refractivity contribution >= 4 is 17.7 Å². The van der Waals surface area contributed by atoms with E-state index in [-0.39, 0.29) is 16.2 Å². The first kappa shape index (κ1) is 23.5. The van der Waals surface area contributed by atoms with Gasteiger partial charge < -0.3 is 15.0 Å². The molecular weight excluding hydrogens is 425 g/mol. The van der Waals surface area contributed by atoms with E-state index >= 15 is 0 Å². The molecule has 2 aromatic carbocycles. The van der Waals surface area contributed by atoms with Crippen molar-refractivity contribution in [2.75, 3.05) is 27.0 Å². The monoisotopic (exact) mass is 452 g/mol. The Kier molecular flexibility index (Phi) is 6.91. The van der Waals surface area contributed by atoms with Crippen LogP contribution in [0.25, 0.3) is 0 Å². The Morgan fingerprint density at radius 2 is 1.94 bits per heavy atom. The lowest BCUT2D eigenvalue weighted by atomic mass is 9.80. The van der Waals surface area contributed by atoms with Crippen LogP contribution in [-0.2, 0) is 11.7 Å². The fourth-order valence-corrected chi connectivity index (χ4v) is 4.72. The topological polar surface area (TPSA) is 41.6 Å². The summed E-state index contributed by atoms with van der Waals surface area (Å²) in [6.45, 7) is 2.74. The quantitative estimate of drug-likeness (QED) is 0.635. The summed E-state index contributed by atoms with van der Waals surface area (Å²) in [5.74, 6) is -0.529. The van der Waals surface area contributed by atoms with Crippen LogP contribution >= 0.6 is 11.8 Å². The number of piperidine rings is 1. The van der Waals surface area contributed by atoms with Gasteiger partial charge in [0.25, 0.3) is 5.91 Å². The van der Waals surface area contributed by atoms with Gasteiger partial charge in [-0.25, -0.2) is 0 Å². The largest absolute Gasteiger partial charge is 0.496 e. The molecule has 1 saturated heterocycles. The minimum absolute atomic E-state index is 0.0857. The molecular formula is C23H27F3N2O2S. The van der Waals surface area contributed by atoms with Crippen LogP contribution < -0.4 is 10.1 Å². The molecule has 0 bridgehead atoms. The standard InChI is InChI=1S/C23H27F3N2O2S/c1-15-10-11-22(14-28(15)2,16-8-6-5-7-9-16)27-21(29)20-18(30-3)12-17(23(24,25)26)13-19(20)31-4/h5-9,12-13,15H,10-11,14H2,1-4H3,(H,27,29)/t15-,22+/m1/s1. The molecule has 1 aliphatic rings. The number of rotatable bonds is 5. The van der Waals surface area contributed by atoms with Crippen molar-refractivity contribution in [3.8, 4) is 5.75 Å². The van der Waals surface area contributed by atoms with Gasteiger partial charge in [-0.2, -0.15) is 13.2 Å². The number of amides is 1. The number of benzene rings is 2. The van der Waals surface area contributed by atoms with E-state index < -0.39 is 23.2 Å². The number of methoxy groups -OCH3 is 1. The summed E-state index contributed by atoms with van der Waals surface area (Å²) in [6, 6.07) is 12.0. The molecule has 0 aromatic heterocycles. The number of halogens is 3. The second kappa shape index (κ2) is 9.12. The molecule has 0 spiro atoms. The van der Waals surface area contributed by atoms with Crippen LogP contribution in [0.2, 0.25) is 0 Å². The molecule has 8 heteroatoms. The third-order valence-corrected chi connectivity index (χ3v) is 6.76. The molecule has 0 saturated carbocycles. The Morgan fingerprint density at radius 1 is 1.26 bits per heavy atom. The zero-order chi connectivity index (χ0) is 22.8. The highest BCUT2D eigenvalue weighted by Crippen LogP contribution is 2.39. The lowest BCUT2D eigenvalue weighted by Crippen LogP contribution is -2.57. The van der Waals surface area contributed by atoms with Crippen LogP contribution in [0.4, 0.5) is 13.2 Å². The number of hydrogen-bond donors (Lipinski definition) is 1. The van der Waals surface area contributed by atoms with Crippen LogP contribution in [0.5, 0.6) is 5.75 Å². The maximum absolute atomic E-state index is 13.5. The highest BCUT2D eigenvalue weighted by Gasteiger charge is 2.41. The summed E-state index contributed by atoms with van der Waals surface area (Å²) in [5, 5.41) is 3.17. The number of carbonyl (C=O) groups excluding carboxylic acids is 1. The molecule has 0 radical (unpaired) electrons. The molecule has 31 heavy (non-hydrogen) atoms. The summed E-state index contributed by atoms with van der Waals surface area (Å²) in [7, 11) is 3.29. The fourth-order valence-electron chi connectivity index (χ4n) is 4.08. The number of ether oxygens (including phenoxy) is 1. The zero-order valence-corrected chi connectivity index (χ0v) is 18.9. The lowest BCUT2D eigenvalue weighted by Gasteiger charge is -2.45. The Hall–Kier alpha value is -2.19. The first-order valence-electron chi connectivity index (χ1n) is 10.0. The van der Waals surface area contributed by atoms with Crippen molar-refractivity contribution in [2.24, 2.45) is 0 Å². The second-order valence-corrected chi connectivity index (χ2v) is 8.81. The Balaban J connectivity index is 2.05. The van der Waals surface area contributed by atoms with Gasteiger partial charge in [0, 0.05) is 17.5 Å². The van der Waals surface area contributed by atoms with Gasteiger partial charge in [0.05, 0.1) is 23.8 Å². The molecule has 1 heterocycles. The van der Waals surface area contributed by atoms with E-state index in [2.05, 4.69) is 17.1 Å². The van der Waals surface area contributed by atoms with E-state index in [1.807, 2.05) is 37.4 Å². The number of hydrogen-bond acceptors (Lipinski definition) is 4. The van der Waals surface area contributed by atoms with E-state index in [9.17, 15) is 18.0 Å². The number of nitrogens with one attached hydrogen (secondary N) is 1. The van der Waals surface area contributed by atoms with Gasteiger partial charge in [-0.3, -0.25) is 4.79 Å². The molecule has 1 amide bonds. The second-order valence-electron chi connectivity index (χ2n) is 7.96. The van der Waals surface area contributed by atoms with Gasteiger partial charge in [-0.05, 0) is 50.8 Å². The van der Waals surface area contributed by atoms with E-state index in [1.54, 1.807) is 6.26 Å². The highest BCUT2D eigenvalue weighted by molar-refractivity contribution is 7.98. The summed E-state index contributed by atoms with van der Waals surface area (Å²) >= 11 is 1.09. The summed E-state index contributed by atoms with van der Waals surface area (Å²) in [4.78, 5) is 15.9. The van der Waals surface area contributed by atoms with Crippen LogP contribution in [-0.4, -0.2) is 43.8 Å². The van der Waals surface area contributed by atoms with Crippen molar-refractivity contribution in [3.63, 3.8) is 0 Å². The summed E-state index contributed by atoms with van der Waals surface area (Å²) in [6.07, 6.45) is -1.27. The number of carbonyl (C=O) groups is 1. The normalized spacial score (nSPS) is 22.2. The van der Waals surface area contributed by atoms with Crippen LogP contribution in [0, 0.1) is 0 Å². The van der Waals surface area contributed by atoms with Gasteiger partial charge in [-0.15, -0.1) is 11.8 Å². The van der Waals surface area contributed by atoms with E-state index in [1.165, 1.54) is 7.11 Å². The van der Waals surface area contributed by atoms with Gasteiger partial charge in [0.15, 0.2) is 0 Å². The molecule has 2 atom stereocenters. The van der Waals surface area contributed by atoms with E-state index in [0.717, 1.165) is 42.3 Å². The molecule has 1 N–H and O–H groups in total. The average Bonchev–Trinajstić information content (AvgIpc) is 2.75. The fraction of sp³-hybridized carbons (Fsp3) is 0.435. The van der Waals surface area contributed by atoms with Crippen LogP contribution in [0.3, 0.4) is 0 Å². The number of nitrogens with zero attached hydrogens (tertiary/aromatic N) is 1. The van der Waals surface area contributed by atoms with Crippen molar-refractivity contribution in [1.82, 2.24) is 10.2 Å². The molecule has 168 valence electrons. The number of likely N-dealkylation sites (tertiary alicyclic amines) is 1. The molecule has 2 aromatic rings. The van der Waals surface area contributed by atoms with Crippen molar-refractivity contribution in [2.45, 2.75) is 42.4 Å². The first-order chi connectivity index (χ1) is 14.6. The van der Waals surface area contributed by atoms with Gasteiger partial charge >= 0.3 is 6.18 Å². The third-order valence-electron chi connectivity index (χ3n) is 6.00. The SMILES string of the molecule is COc1cc(C(F)(F)F)cc(SC)c1C(=O)N[C@@]1(c2ccccc2)CC[C@@H](C)N(C)C1. The maximum atomic E-state index is 13.5. The lowest BCUT2D eigenvalue weighted by molar-refractivity contribution is -0.137. The Bertz CT molecular complexity index is 911. The van der Waals surface area contributed by atoms with Gasteiger partial charge in [0.2, 0.25) is 0 Å². The van der Waals surface area contributed by atoms with Gasteiger partial charge in [0.1, 0.15) is 5.75 Å². The maximum Gasteiger partial charge on any atom is 0.416 e. The van der Waals surface area contributed by atoms with Crippen LogP contribution in [0.1, 0.15) is 41.3 Å². The van der Waals surface area contributed by atoms with Crippen LogP contribution in [0.15, 0.2) is 47.4 Å².